The second kappa shape index (κ2) is 8.95. The standard InChI is InChI=1S/C23H30N2O3/c1-18-14-25(15-19(2)28-18)16-20-7-8-23-21(13-20)17-24(10-12-27-23)9-3-5-22-6-4-11-26-22/h3-8,11,13,18-19H,9-10,12,14-17H2,1-2H3/b5-3+/t18-,19+. The highest BCUT2D eigenvalue weighted by Gasteiger charge is 2.22. The van der Waals surface area contributed by atoms with E-state index in [-0.39, 0.29) is 0 Å². The first-order valence-electron chi connectivity index (χ1n) is 10.2. The van der Waals surface area contributed by atoms with E-state index in [9.17, 15) is 0 Å². The maximum absolute atomic E-state index is 5.99. The molecule has 5 nitrogen and oxygen atoms in total. The fourth-order valence-corrected chi connectivity index (χ4v) is 4.13. The third-order valence-electron chi connectivity index (χ3n) is 5.27. The molecule has 2 atom stereocenters. The molecule has 0 bridgehead atoms. The van der Waals surface area contributed by atoms with Crippen LogP contribution in [0, 0.1) is 0 Å². The Kier molecular flexibility index (Phi) is 6.15. The highest BCUT2D eigenvalue weighted by Crippen LogP contribution is 2.25. The largest absolute Gasteiger partial charge is 0.492 e. The van der Waals surface area contributed by atoms with Crippen LogP contribution in [0.1, 0.15) is 30.7 Å². The Balaban J connectivity index is 1.40. The predicted molar refractivity (Wildman–Crippen MR) is 110 cm³/mol. The predicted octanol–water partition coefficient (Wildman–Crippen LogP) is 3.80. The summed E-state index contributed by atoms with van der Waals surface area (Å²) in [7, 11) is 0. The molecule has 28 heavy (non-hydrogen) atoms. The minimum atomic E-state index is 0.296. The first-order valence-corrected chi connectivity index (χ1v) is 10.2. The third kappa shape index (κ3) is 5.04. The minimum absolute atomic E-state index is 0.296. The molecule has 4 rings (SSSR count). The van der Waals surface area contributed by atoms with Crippen molar-refractivity contribution in [2.24, 2.45) is 0 Å². The van der Waals surface area contributed by atoms with Crippen molar-refractivity contribution in [3.05, 3.63) is 59.6 Å². The normalized spacial score (nSPS) is 24.1. The zero-order chi connectivity index (χ0) is 19.3. The van der Waals surface area contributed by atoms with Gasteiger partial charge in [-0.15, -0.1) is 0 Å². The molecule has 2 aliphatic heterocycles. The summed E-state index contributed by atoms with van der Waals surface area (Å²) in [6.45, 7) is 10.7. The number of hydrogen-bond donors (Lipinski definition) is 0. The number of nitrogens with zero attached hydrogens (tertiary/aromatic N) is 2. The van der Waals surface area contributed by atoms with Crippen molar-refractivity contribution in [1.29, 1.82) is 0 Å². The van der Waals surface area contributed by atoms with Gasteiger partial charge in [0.2, 0.25) is 0 Å². The quantitative estimate of drug-likeness (QED) is 0.786. The number of hydrogen-bond acceptors (Lipinski definition) is 5. The lowest BCUT2D eigenvalue weighted by Crippen LogP contribution is -2.44. The molecular weight excluding hydrogens is 352 g/mol. The molecule has 1 aromatic heterocycles. The van der Waals surface area contributed by atoms with Crippen molar-refractivity contribution in [2.45, 2.75) is 39.1 Å². The van der Waals surface area contributed by atoms with Crippen LogP contribution in [0.4, 0.5) is 0 Å². The molecule has 0 amide bonds. The van der Waals surface area contributed by atoms with Crippen LogP contribution in [0.3, 0.4) is 0 Å². The highest BCUT2D eigenvalue weighted by molar-refractivity contribution is 5.42. The van der Waals surface area contributed by atoms with Gasteiger partial charge in [0.1, 0.15) is 18.1 Å². The van der Waals surface area contributed by atoms with Crippen LogP contribution in [0.25, 0.3) is 6.08 Å². The lowest BCUT2D eigenvalue weighted by atomic mass is 10.1. The average Bonchev–Trinajstić information content (AvgIpc) is 3.07. The molecule has 1 aromatic carbocycles. The Morgan fingerprint density at radius 1 is 1.11 bits per heavy atom. The summed E-state index contributed by atoms with van der Waals surface area (Å²) in [6.07, 6.45) is 6.48. The minimum Gasteiger partial charge on any atom is -0.492 e. The van der Waals surface area contributed by atoms with Gasteiger partial charge in [-0.05, 0) is 49.8 Å². The summed E-state index contributed by atoms with van der Waals surface area (Å²) in [5.74, 6) is 1.91. The molecule has 2 aliphatic rings. The van der Waals surface area contributed by atoms with E-state index in [2.05, 4.69) is 47.9 Å². The van der Waals surface area contributed by atoms with Gasteiger partial charge in [-0.2, -0.15) is 0 Å². The molecule has 1 fully saturated rings. The van der Waals surface area contributed by atoms with Gasteiger partial charge in [-0.25, -0.2) is 0 Å². The van der Waals surface area contributed by atoms with Gasteiger partial charge in [-0.3, -0.25) is 9.80 Å². The first-order chi connectivity index (χ1) is 13.7. The second-order valence-corrected chi connectivity index (χ2v) is 7.89. The molecule has 3 heterocycles. The Bertz CT molecular complexity index is 777. The molecule has 5 heteroatoms. The fourth-order valence-electron chi connectivity index (χ4n) is 4.13. The summed E-state index contributed by atoms with van der Waals surface area (Å²) in [4.78, 5) is 4.90. The summed E-state index contributed by atoms with van der Waals surface area (Å²) in [5.41, 5.74) is 2.62. The Labute approximate surface area is 167 Å². The summed E-state index contributed by atoms with van der Waals surface area (Å²) in [6, 6.07) is 10.5. The van der Waals surface area contributed by atoms with E-state index in [0.717, 1.165) is 57.4 Å². The lowest BCUT2D eigenvalue weighted by molar-refractivity contribution is -0.0704. The number of furan rings is 1. The second-order valence-electron chi connectivity index (χ2n) is 7.89. The van der Waals surface area contributed by atoms with Gasteiger partial charge >= 0.3 is 0 Å². The van der Waals surface area contributed by atoms with Crippen molar-refractivity contribution >= 4 is 6.08 Å². The molecular formula is C23H30N2O3. The zero-order valence-electron chi connectivity index (χ0n) is 16.8. The maximum Gasteiger partial charge on any atom is 0.126 e. The van der Waals surface area contributed by atoms with Crippen LogP contribution in [0.15, 0.2) is 47.1 Å². The number of benzene rings is 1. The fraction of sp³-hybridized carbons (Fsp3) is 0.478. The van der Waals surface area contributed by atoms with E-state index in [0.29, 0.717) is 12.2 Å². The number of ether oxygens (including phenoxy) is 2. The van der Waals surface area contributed by atoms with Crippen LogP contribution in [-0.4, -0.2) is 54.8 Å². The van der Waals surface area contributed by atoms with Crippen molar-refractivity contribution in [3.8, 4) is 5.75 Å². The molecule has 0 spiro atoms. The number of rotatable bonds is 5. The van der Waals surface area contributed by atoms with Gasteiger partial charge in [-0.1, -0.05) is 12.1 Å². The Hall–Kier alpha value is -2.08. The smallest absolute Gasteiger partial charge is 0.126 e. The van der Waals surface area contributed by atoms with E-state index in [1.807, 2.05) is 18.2 Å². The van der Waals surface area contributed by atoms with Crippen molar-refractivity contribution in [1.82, 2.24) is 9.80 Å². The van der Waals surface area contributed by atoms with E-state index in [1.54, 1.807) is 6.26 Å². The zero-order valence-corrected chi connectivity index (χ0v) is 16.8. The van der Waals surface area contributed by atoms with Crippen molar-refractivity contribution in [3.63, 3.8) is 0 Å². The van der Waals surface area contributed by atoms with E-state index in [4.69, 9.17) is 13.9 Å². The van der Waals surface area contributed by atoms with Crippen LogP contribution in [-0.2, 0) is 17.8 Å². The molecule has 0 saturated carbocycles. The molecule has 0 aliphatic carbocycles. The summed E-state index contributed by atoms with van der Waals surface area (Å²) >= 11 is 0. The molecule has 0 unspecified atom stereocenters. The number of fused-ring (bicyclic) bond motifs is 1. The topological polar surface area (TPSA) is 38.1 Å². The van der Waals surface area contributed by atoms with Gasteiger partial charge in [0, 0.05) is 44.8 Å². The maximum atomic E-state index is 5.99. The van der Waals surface area contributed by atoms with Crippen LogP contribution in [0.5, 0.6) is 5.75 Å². The summed E-state index contributed by atoms with van der Waals surface area (Å²) in [5, 5.41) is 0. The Morgan fingerprint density at radius 2 is 1.96 bits per heavy atom. The van der Waals surface area contributed by atoms with E-state index < -0.39 is 0 Å². The monoisotopic (exact) mass is 382 g/mol. The van der Waals surface area contributed by atoms with Gasteiger partial charge in [0.25, 0.3) is 0 Å². The van der Waals surface area contributed by atoms with Crippen molar-refractivity contribution < 1.29 is 13.9 Å². The third-order valence-corrected chi connectivity index (χ3v) is 5.27. The van der Waals surface area contributed by atoms with E-state index in [1.165, 1.54) is 11.1 Å². The highest BCUT2D eigenvalue weighted by atomic mass is 16.5. The Morgan fingerprint density at radius 3 is 2.75 bits per heavy atom. The van der Waals surface area contributed by atoms with Gasteiger partial charge < -0.3 is 13.9 Å². The van der Waals surface area contributed by atoms with Gasteiger partial charge in [0.05, 0.1) is 18.5 Å². The molecule has 150 valence electrons. The number of morpholine rings is 1. The molecule has 2 aromatic rings. The summed E-state index contributed by atoms with van der Waals surface area (Å²) < 4.78 is 17.2. The van der Waals surface area contributed by atoms with Crippen LogP contribution in [0.2, 0.25) is 0 Å². The molecule has 0 radical (unpaired) electrons. The lowest BCUT2D eigenvalue weighted by Gasteiger charge is -2.35. The van der Waals surface area contributed by atoms with Gasteiger partial charge in [0.15, 0.2) is 0 Å². The van der Waals surface area contributed by atoms with Crippen LogP contribution >= 0.6 is 0 Å². The average molecular weight is 383 g/mol. The molecule has 1 saturated heterocycles. The SMILES string of the molecule is C[C@@H]1CN(Cc2ccc3c(c2)CN(C/C=C/c2ccco2)CCO3)C[C@H](C)O1. The van der Waals surface area contributed by atoms with Crippen molar-refractivity contribution in [2.75, 3.05) is 32.8 Å². The van der Waals surface area contributed by atoms with Crippen LogP contribution < -0.4 is 4.74 Å². The van der Waals surface area contributed by atoms with E-state index >= 15 is 0 Å². The first kappa shape index (κ1) is 19.2. The molecule has 0 N–H and O–H groups in total.